The van der Waals surface area contributed by atoms with Crippen LogP contribution in [0.5, 0.6) is 5.75 Å². The first-order valence-corrected chi connectivity index (χ1v) is 10.2. The van der Waals surface area contributed by atoms with Crippen molar-refractivity contribution in [3.05, 3.63) is 46.8 Å². The highest BCUT2D eigenvalue weighted by Crippen LogP contribution is 2.30. The summed E-state index contributed by atoms with van der Waals surface area (Å²) in [6, 6.07) is 8.51. The molecule has 0 unspecified atom stereocenters. The third-order valence-electron chi connectivity index (χ3n) is 5.01. The summed E-state index contributed by atoms with van der Waals surface area (Å²) < 4.78 is 8.12. The van der Waals surface area contributed by atoms with E-state index < -0.39 is 0 Å². The Morgan fingerprint density at radius 1 is 1.21 bits per heavy atom. The lowest BCUT2D eigenvalue weighted by Gasteiger charge is -2.15. The Hall–Kier alpha value is -2.50. The van der Waals surface area contributed by atoms with Gasteiger partial charge in [0.25, 0.3) is 0 Å². The average molecular weight is 384 g/mol. The van der Waals surface area contributed by atoms with Gasteiger partial charge in [-0.2, -0.15) is 5.10 Å². The standard InChI is InChI=1S/C22H33N5O/c1-16-6-9-20(21(12-16)28-15-19-7-8-19)14-25-22(23-4)24-10-5-11-27-18(3)13-17(2)26-27/h6,9,12-13,19H,5,7-8,10-11,14-15H2,1-4H3,(H2,23,24,25). The normalized spacial score (nSPS) is 14.2. The highest BCUT2D eigenvalue weighted by atomic mass is 16.5. The summed E-state index contributed by atoms with van der Waals surface area (Å²) in [4.78, 5) is 4.33. The fraction of sp³-hybridized carbons (Fsp3) is 0.545. The molecule has 152 valence electrons. The predicted molar refractivity (Wildman–Crippen MR) is 114 cm³/mol. The summed E-state index contributed by atoms with van der Waals surface area (Å²) in [5, 5.41) is 11.3. The Balaban J connectivity index is 1.45. The predicted octanol–water partition coefficient (Wildman–Crippen LogP) is 3.35. The number of aromatic nitrogens is 2. The molecule has 0 spiro atoms. The molecule has 1 fully saturated rings. The molecule has 0 radical (unpaired) electrons. The van der Waals surface area contributed by atoms with E-state index in [4.69, 9.17) is 4.74 Å². The smallest absolute Gasteiger partial charge is 0.191 e. The molecule has 1 saturated carbocycles. The van der Waals surface area contributed by atoms with Gasteiger partial charge in [-0.3, -0.25) is 9.67 Å². The first-order valence-electron chi connectivity index (χ1n) is 10.2. The number of hydrogen-bond acceptors (Lipinski definition) is 3. The van der Waals surface area contributed by atoms with E-state index in [0.29, 0.717) is 6.54 Å². The maximum Gasteiger partial charge on any atom is 0.191 e. The van der Waals surface area contributed by atoms with Crippen molar-refractivity contribution in [1.82, 2.24) is 20.4 Å². The molecule has 1 aromatic heterocycles. The molecule has 1 aliphatic carbocycles. The van der Waals surface area contributed by atoms with Crippen LogP contribution in [-0.2, 0) is 13.1 Å². The average Bonchev–Trinajstić information content (AvgIpc) is 3.44. The number of ether oxygens (including phenoxy) is 1. The van der Waals surface area contributed by atoms with E-state index in [2.05, 4.69) is 63.5 Å². The van der Waals surface area contributed by atoms with Crippen LogP contribution in [0.4, 0.5) is 0 Å². The second-order valence-electron chi connectivity index (χ2n) is 7.72. The van der Waals surface area contributed by atoms with Crippen LogP contribution >= 0.6 is 0 Å². The number of benzene rings is 1. The highest BCUT2D eigenvalue weighted by molar-refractivity contribution is 5.79. The molecule has 1 aromatic carbocycles. The molecule has 0 saturated heterocycles. The Labute approximate surface area is 168 Å². The molecule has 0 amide bonds. The molecule has 1 heterocycles. The van der Waals surface area contributed by atoms with Gasteiger partial charge < -0.3 is 15.4 Å². The molecule has 0 atom stereocenters. The lowest BCUT2D eigenvalue weighted by Crippen LogP contribution is -2.37. The van der Waals surface area contributed by atoms with Gasteiger partial charge in [-0.05, 0) is 63.6 Å². The minimum atomic E-state index is 0.692. The summed E-state index contributed by atoms with van der Waals surface area (Å²) in [6.07, 6.45) is 3.59. The van der Waals surface area contributed by atoms with Crippen molar-refractivity contribution in [3.63, 3.8) is 0 Å². The second-order valence-corrected chi connectivity index (χ2v) is 7.72. The van der Waals surface area contributed by atoms with Gasteiger partial charge in [0.05, 0.1) is 12.3 Å². The van der Waals surface area contributed by atoms with Crippen molar-refractivity contribution in [3.8, 4) is 5.75 Å². The zero-order valence-corrected chi connectivity index (χ0v) is 17.6. The summed E-state index contributed by atoms with van der Waals surface area (Å²) in [5.74, 6) is 2.54. The van der Waals surface area contributed by atoms with E-state index in [9.17, 15) is 0 Å². The molecular formula is C22H33N5O. The van der Waals surface area contributed by atoms with Gasteiger partial charge in [-0.25, -0.2) is 0 Å². The fourth-order valence-corrected chi connectivity index (χ4v) is 3.17. The van der Waals surface area contributed by atoms with E-state index >= 15 is 0 Å². The van der Waals surface area contributed by atoms with Gasteiger partial charge in [0, 0.05) is 37.9 Å². The molecule has 2 N–H and O–H groups in total. The minimum Gasteiger partial charge on any atom is -0.493 e. The van der Waals surface area contributed by atoms with E-state index in [0.717, 1.165) is 55.0 Å². The third-order valence-corrected chi connectivity index (χ3v) is 5.01. The first kappa shape index (κ1) is 20.2. The molecule has 3 rings (SSSR count). The van der Waals surface area contributed by atoms with Crippen LogP contribution in [-0.4, -0.2) is 35.9 Å². The number of rotatable bonds is 9. The monoisotopic (exact) mass is 383 g/mol. The van der Waals surface area contributed by atoms with E-state index in [1.54, 1.807) is 7.05 Å². The van der Waals surface area contributed by atoms with Gasteiger partial charge >= 0.3 is 0 Å². The van der Waals surface area contributed by atoms with Crippen molar-refractivity contribution in [2.75, 3.05) is 20.2 Å². The number of guanidine groups is 1. The Bertz CT molecular complexity index is 807. The van der Waals surface area contributed by atoms with E-state index in [-0.39, 0.29) is 0 Å². The third kappa shape index (κ3) is 6.01. The second kappa shape index (κ2) is 9.62. The van der Waals surface area contributed by atoms with Crippen LogP contribution in [0.15, 0.2) is 29.3 Å². The van der Waals surface area contributed by atoms with Gasteiger partial charge in [0.15, 0.2) is 5.96 Å². The molecule has 0 aliphatic heterocycles. The molecule has 1 aliphatic rings. The zero-order chi connectivity index (χ0) is 19.9. The van der Waals surface area contributed by atoms with Gasteiger partial charge in [0.2, 0.25) is 0 Å². The van der Waals surface area contributed by atoms with Crippen molar-refractivity contribution < 1.29 is 4.74 Å². The number of nitrogens with zero attached hydrogens (tertiary/aromatic N) is 3. The molecule has 6 nitrogen and oxygen atoms in total. The summed E-state index contributed by atoms with van der Waals surface area (Å²) in [5.41, 5.74) is 4.66. The molecule has 6 heteroatoms. The Morgan fingerprint density at radius 3 is 2.71 bits per heavy atom. The van der Waals surface area contributed by atoms with Crippen LogP contribution in [0.2, 0.25) is 0 Å². The maximum atomic E-state index is 6.06. The van der Waals surface area contributed by atoms with Crippen LogP contribution in [0.25, 0.3) is 0 Å². The van der Waals surface area contributed by atoms with Crippen LogP contribution in [0.3, 0.4) is 0 Å². The topological polar surface area (TPSA) is 63.5 Å². The number of aryl methyl sites for hydroxylation is 4. The molecule has 28 heavy (non-hydrogen) atoms. The summed E-state index contributed by atoms with van der Waals surface area (Å²) in [7, 11) is 1.80. The highest BCUT2D eigenvalue weighted by Gasteiger charge is 2.22. The maximum absolute atomic E-state index is 6.06. The van der Waals surface area contributed by atoms with Crippen LogP contribution in [0, 0.1) is 26.7 Å². The lowest BCUT2D eigenvalue weighted by atomic mass is 10.1. The Kier molecular flexibility index (Phi) is 6.95. The van der Waals surface area contributed by atoms with Gasteiger partial charge in [-0.1, -0.05) is 12.1 Å². The lowest BCUT2D eigenvalue weighted by molar-refractivity contribution is 0.296. The molecular weight excluding hydrogens is 350 g/mol. The van der Waals surface area contributed by atoms with Crippen molar-refractivity contribution >= 4 is 5.96 Å². The zero-order valence-electron chi connectivity index (χ0n) is 17.6. The fourth-order valence-electron chi connectivity index (χ4n) is 3.17. The molecule has 2 aromatic rings. The molecule has 0 bridgehead atoms. The number of hydrogen-bond donors (Lipinski definition) is 2. The number of aliphatic imine (C=N–C) groups is 1. The van der Waals surface area contributed by atoms with E-state index in [1.165, 1.54) is 24.1 Å². The minimum absolute atomic E-state index is 0.692. The van der Waals surface area contributed by atoms with Gasteiger partial charge in [-0.15, -0.1) is 0 Å². The largest absolute Gasteiger partial charge is 0.493 e. The summed E-state index contributed by atoms with van der Waals surface area (Å²) in [6.45, 7) is 9.50. The summed E-state index contributed by atoms with van der Waals surface area (Å²) >= 11 is 0. The van der Waals surface area contributed by atoms with Crippen LogP contribution < -0.4 is 15.4 Å². The van der Waals surface area contributed by atoms with Gasteiger partial charge in [0.1, 0.15) is 5.75 Å². The number of nitrogens with one attached hydrogen (secondary N) is 2. The van der Waals surface area contributed by atoms with Crippen molar-refractivity contribution in [1.29, 1.82) is 0 Å². The Morgan fingerprint density at radius 2 is 2.04 bits per heavy atom. The van der Waals surface area contributed by atoms with Crippen molar-refractivity contribution in [2.24, 2.45) is 10.9 Å². The van der Waals surface area contributed by atoms with E-state index in [1.807, 2.05) is 6.92 Å². The van der Waals surface area contributed by atoms with Crippen LogP contribution in [0.1, 0.15) is 41.8 Å². The quantitative estimate of drug-likeness (QED) is 0.396. The first-order chi connectivity index (χ1) is 13.5. The SMILES string of the molecule is CN=C(NCCCn1nc(C)cc1C)NCc1ccc(C)cc1OCC1CC1. The van der Waals surface area contributed by atoms with Crippen molar-refractivity contribution in [2.45, 2.75) is 53.1 Å².